The molecule has 1 aliphatic rings. The Balaban J connectivity index is 1.18. The van der Waals surface area contributed by atoms with Gasteiger partial charge in [-0.25, -0.2) is 14.8 Å². The van der Waals surface area contributed by atoms with Gasteiger partial charge in [0.05, 0.1) is 23.0 Å². The molecule has 0 bridgehead atoms. The van der Waals surface area contributed by atoms with Crippen molar-refractivity contribution in [2.24, 2.45) is 0 Å². The number of pyridine rings is 1. The molecule has 10 heteroatoms. The molecule has 55 heavy (non-hydrogen) atoms. The fourth-order valence-corrected chi connectivity index (χ4v) is 7.71. The molecule has 0 aliphatic carbocycles. The van der Waals surface area contributed by atoms with Gasteiger partial charge in [-0.05, 0) is 96.2 Å². The van der Waals surface area contributed by atoms with Crippen molar-refractivity contribution < 1.29 is 14.3 Å². The van der Waals surface area contributed by atoms with E-state index in [-0.39, 0.29) is 22.4 Å². The van der Waals surface area contributed by atoms with Gasteiger partial charge in [0.1, 0.15) is 11.4 Å². The molecule has 6 aromatic rings. The van der Waals surface area contributed by atoms with E-state index in [0.29, 0.717) is 41.7 Å². The van der Waals surface area contributed by atoms with Crippen molar-refractivity contribution in [1.82, 2.24) is 19.7 Å². The first kappa shape index (κ1) is 37.9. The maximum atomic E-state index is 13.8. The molecule has 0 fully saturated rings. The van der Waals surface area contributed by atoms with Gasteiger partial charge in [-0.15, -0.1) is 0 Å². The summed E-state index contributed by atoms with van der Waals surface area (Å²) < 4.78 is 8.83. The molecule has 284 valence electrons. The maximum absolute atomic E-state index is 13.8. The highest BCUT2D eigenvalue weighted by molar-refractivity contribution is 7.22. The van der Waals surface area contributed by atoms with Crippen LogP contribution in [0.25, 0.3) is 21.3 Å². The van der Waals surface area contributed by atoms with Crippen LogP contribution in [0.15, 0.2) is 85.2 Å². The number of carbonyl (C=O) groups excluding carboxylic acids is 2. The van der Waals surface area contributed by atoms with Gasteiger partial charge in [-0.2, -0.15) is 5.10 Å². The molecule has 1 aliphatic heterocycles. The number of ether oxygens (including phenoxy) is 1. The normalized spacial score (nSPS) is 13.5. The molecule has 3 aromatic carbocycles. The fraction of sp³-hybridized carbons (Fsp3) is 0.356. The number of thiazole rings is 1. The zero-order valence-electron chi connectivity index (χ0n) is 33.3. The Morgan fingerprint density at radius 2 is 1.58 bits per heavy atom. The second kappa shape index (κ2) is 14.4. The van der Waals surface area contributed by atoms with E-state index < -0.39 is 11.6 Å². The van der Waals surface area contributed by atoms with E-state index in [9.17, 15) is 9.59 Å². The van der Waals surface area contributed by atoms with Crippen molar-refractivity contribution in [1.29, 1.82) is 0 Å². The smallest absolute Gasteiger partial charge is 0.358 e. The number of benzene rings is 3. The van der Waals surface area contributed by atoms with Gasteiger partial charge in [-0.1, -0.05) is 95.3 Å². The van der Waals surface area contributed by atoms with Crippen LogP contribution in [0.2, 0.25) is 0 Å². The van der Waals surface area contributed by atoms with Crippen LogP contribution in [-0.2, 0) is 35.1 Å². The number of aromatic nitrogens is 4. The van der Waals surface area contributed by atoms with E-state index in [1.165, 1.54) is 28.0 Å². The minimum absolute atomic E-state index is 0.00259. The third-order valence-corrected chi connectivity index (χ3v) is 10.8. The number of carbonyl (C=O) groups is 2. The molecule has 3 aromatic heterocycles. The number of hydrogen-bond acceptors (Lipinski definition) is 8. The Morgan fingerprint density at radius 1 is 0.855 bits per heavy atom. The number of para-hydroxylation sites is 1. The molecular weight excluding hydrogens is 705 g/mol. The molecular formula is C45H50N6O3S. The second-order valence-electron chi connectivity index (χ2n) is 17.5. The van der Waals surface area contributed by atoms with Gasteiger partial charge in [0, 0.05) is 36.0 Å². The summed E-state index contributed by atoms with van der Waals surface area (Å²) in [6, 6.07) is 24.4. The molecule has 0 radical (unpaired) electrons. The average Bonchev–Trinajstić information content (AvgIpc) is 3.76. The van der Waals surface area contributed by atoms with Crippen LogP contribution in [0.1, 0.15) is 111 Å². The van der Waals surface area contributed by atoms with Crippen LogP contribution in [0.5, 0.6) is 0 Å². The molecule has 4 heterocycles. The summed E-state index contributed by atoms with van der Waals surface area (Å²) in [5.41, 5.74) is 8.20. The summed E-state index contributed by atoms with van der Waals surface area (Å²) >= 11 is 1.45. The summed E-state index contributed by atoms with van der Waals surface area (Å²) in [6.07, 6.45) is 4.48. The molecule has 0 saturated heterocycles. The Labute approximate surface area is 327 Å². The predicted octanol–water partition coefficient (Wildman–Crippen LogP) is 9.97. The third kappa shape index (κ3) is 8.49. The maximum Gasteiger partial charge on any atom is 0.358 e. The summed E-state index contributed by atoms with van der Waals surface area (Å²) in [5.74, 6) is -0.0665. The van der Waals surface area contributed by atoms with Crippen LogP contribution >= 0.6 is 11.3 Å². The number of nitrogens with zero attached hydrogens (tertiary/aromatic N) is 5. The molecule has 0 unspecified atom stereocenters. The lowest BCUT2D eigenvalue weighted by molar-refractivity contribution is 0.00638. The van der Waals surface area contributed by atoms with Gasteiger partial charge in [0.25, 0.3) is 5.91 Å². The number of anilines is 2. The van der Waals surface area contributed by atoms with Gasteiger partial charge < -0.3 is 9.64 Å². The first-order chi connectivity index (χ1) is 25.9. The Kier molecular flexibility index (Phi) is 9.92. The van der Waals surface area contributed by atoms with Crippen molar-refractivity contribution in [2.75, 3.05) is 16.8 Å². The van der Waals surface area contributed by atoms with Crippen LogP contribution in [0.4, 0.5) is 10.9 Å². The van der Waals surface area contributed by atoms with E-state index in [1.807, 2.05) is 80.2 Å². The quantitative estimate of drug-likeness (QED) is 0.162. The first-order valence-corrected chi connectivity index (χ1v) is 19.7. The predicted molar refractivity (Wildman–Crippen MR) is 222 cm³/mol. The summed E-state index contributed by atoms with van der Waals surface area (Å²) in [6.45, 7) is 20.7. The highest BCUT2D eigenvalue weighted by Gasteiger charge is 2.28. The summed E-state index contributed by atoms with van der Waals surface area (Å²) in [7, 11) is 0. The van der Waals surface area contributed by atoms with Crippen molar-refractivity contribution in [3.8, 4) is 11.1 Å². The fourth-order valence-electron chi connectivity index (χ4n) is 6.84. The number of esters is 1. The SMILES string of the molecule is CC(C)(C)OC(=O)c1nc(N2CCc3cccc(C(=O)Nc4nc5ccccc5s4)c3C2)ccc1-c1cnn(Cc2cc(C(C)(C)C)cc(C(C)(C)C)c2)c1. The number of hydrogen-bond donors (Lipinski definition) is 1. The highest BCUT2D eigenvalue weighted by atomic mass is 32.1. The third-order valence-electron chi connectivity index (χ3n) is 9.84. The molecule has 0 saturated carbocycles. The van der Waals surface area contributed by atoms with Gasteiger partial charge in [-0.3, -0.25) is 14.8 Å². The van der Waals surface area contributed by atoms with Gasteiger partial charge in [0.15, 0.2) is 10.8 Å². The first-order valence-electron chi connectivity index (χ1n) is 18.9. The lowest BCUT2D eigenvalue weighted by atomic mass is 9.79. The zero-order chi connectivity index (χ0) is 39.3. The Bertz CT molecular complexity index is 2340. The van der Waals surface area contributed by atoms with Crippen molar-refractivity contribution in [2.45, 2.75) is 98.3 Å². The van der Waals surface area contributed by atoms with Gasteiger partial charge in [0.2, 0.25) is 0 Å². The average molecular weight is 755 g/mol. The largest absolute Gasteiger partial charge is 0.455 e. The van der Waals surface area contributed by atoms with E-state index in [1.54, 1.807) is 6.20 Å². The van der Waals surface area contributed by atoms with E-state index in [2.05, 4.69) is 81.0 Å². The standard InChI is InChI=1S/C45H50N6O3S/c1-43(2,3)31-21-28(22-32(23-31)44(4,5)6)25-51-26-30(24-46-51)33-17-18-38(48-39(33)41(53)54-45(7,8)9)50-20-19-29-13-12-14-34(35(29)27-50)40(52)49-42-47-36-15-10-11-16-37(36)55-42/h10-18,21-24,26H,19-20,25,27H2,1-9H3,(H,47,49,52). The number of rotatable bonds is 7. The number of nitrogens with one attached hydrogen (secondary N) is 1. The molecule has 1 amide bonds. The molecule has 7 rings (SSSR count). The number of fused-ring (bicyclic) bond motifs is 2. The van der Waals surface area contributed by atoms with Crippen LogP contribution < -0.4 is 10.2 Å². The lowest BCUT2D eigenvalue weighted by Gasteiger charge is -2.31. The van der Waals surface area contributed by atoms with E-state index >= 15 is 0 Å². The lowest BCUT2D eigenvalue weighted by Crippen LogP contribution is -2.33. The minimum Gasteiger partial charge on any atom is -0.455 e. The Hall–Kier alpha value is -5.35. The topological polar surface area (TPSA) is 102 Å². The molecule has 9 nitrogen and oxygen atoms in total. The minimum atomic E-state index is -0.714. The van der Waals surface area contributed by atoms with Crippen molar-refractivity contribution in [3.63, 3.8) is 0 Å². The highest BCUT2D eigenvalue weighted by Crippen LogP contribution is 2.34. The molecule has 0 atom stereocenters. The van der Waals surface area contributed by atoms with Crippen molar-refractivity contribution >= 4 is 44.4 Å². The second-order valence-corrected chi connectivity index (χ2v) is 18.5. The monoisotopic (exact) mass is 754 g/mol. The molecule has 1 N–H and O–H groups in total. The Morgan fingerprint density at radius 3 is 2.27 bits per heavy atom. The molecule has 0 spiro atoms. The van der Waals surface area contributed by atoms with Gasteiger partial charge >= 0.3 is 5.97 Å². The summed E-state index contributed by atoms with van der Waals surface area (Å²) in [5, 5.41) is 8.32. The van der Waals surface area contributed by atoms with E-state index in [0.717, 1.165) is 33.3 Å². The number of amides is 1. The van der Waals surface area contributed by atoms with Crippen LogP contribution in [0.3, 0.4) is 0 Å². The summed E-state index contributed by atoms with van der Waals surface area (Å²) in [4.78, 5) is 39.2. The van der Waals surface area contributed by atoms with Crippen molar-refractivity contribution in [3.05, 3.63) is 124 Å². The van der Waals surface area contributed by atoms with Crippen LogP contribution in [0, 0.1) is 0 Å². The van der Waals surface area contributed by atoms with E-state index in [4.69, 9.17) is 14.8 Å². The van der Waals surface area contributed by atoms with Crippen LogP contribution in [-0.4, -0.2) is 43.8 Å². The zero-order valence-corrected chi connectivity index (χ0v) is 34.1.